The van der Waals surface area contributed by atoms with E-state index in [1.165, 1.54) is 12.4 Å². The summed E-state index contributed by atoms with van der Waals surface area (Å²) >= 11 is 0. The molecular weight excluding hydrogens is 362 g/mol. The lowest BCUT2D eigenvalue weighted by atomic mass is 9.78. The highest BCUT2D eigenvalue weighted by molar-refractivity contribution is 5.94. The van der Waals surface area contributed by atoms with Gasteiger partial charge in [0.25, 0.3) is 5.91 Å². The first kappa shape index (κ1) is 17.2. The van der Waals surface area contributed by atoms with Crippen molar-refractivity contribution in [3.05, 3.63) is 42.2 Å². The SMILES string of the molecule is O=C(c1ccnnc1)N1C[C@H]2C[C@@H](Oc3ccc4c(c3)OCO4)[C@H](O)C[C@H]2C1. The number of carbonyl (C=O) groups is 1. The number of carbonyl (C=O) groups excluding carboxylic acids is 1. The molecule has 2 aliphatic heterocycles. The molecule has 28 heavy (non-hydrogen) atoms. The molecule has 1 aromatic carbocycles. The van der Waals surface area contributed by atoms with Crippen LogP contribution in [0, 0.1) is 11.8 Å². The summed E-state index contributed by atoms with van der Waals surface area (Å²) in [5.74, 6) is 2.57. The number of amides is 1. The Kier molecular flexibility index (Phi) is 4.27. The Morgan fingerprint density at radius 3 is 2.75 bits per heavy atom. The van der Waals surface area contributed by atoms with Crippen LogP contribution >= 0.6 is 0 Å². The van der Waals surface area contributed by atoms with E-state index in [1.54, 1.807) is 12.1 Å². The summed E-state index contributed by atoms with van der Waals surface area (Å²) in [5.41, 5.74) is 0.544. The molecule has 2 aromatic rings. The Hall–Kier alpha value is -2.87. The zero-order valence-corrected chi connectivity index (χ0v) is 15.2. The lowest BCUT2D eigenvalue weighted by Gasteiger charge is -2.35. The zero-order valence-electron chi connectivity index (χ0n) is 15.2. The van der Waals surface area contributed by atoms with Crippen molar-refractivity contribution in [1.29, 1.82) is 0 Å². The maximum atomic E-state index is 12.7. The first-order valence-corrected chi connectivity index (χ1v) is 9.48. The minimum absolute atomic E-state index is 0.0352. The number of hydrogen-bond donors (Lipinski definition) is 1. The summed E-state index contributed by atoms with van der Waals surface area (Å²) in [6, 6.07) is 7.11. The predicted molar refractivity (Wildman–Crippen MR) is 97.1 cm³/mol. The molecule has 1 aromatic heterocycles. The fourth-order valence-electron chi connectivity index (χ4n) is 4.41. The molecule has 8 nitrogen and oxygen atoms in total. The van der Waals surface area contributed by atoms with Crippen molar-refractivity contribution in [2.75, 3.05) is 19.9 Å². The Morgan fingerprint density at radius 1 is 1.11 bits per heavy atom. The smallest absolute Gasteiger partial charge is 0.255 e. The number of aliphatic hydroxyl groups excluding tert-OH is 1. The van der Waals surface area contributed by atoms with Crippen LogP contribution in [0.2, 0.25) is 0 Å². The number of aromatic nitrogens is 2. The second kappa shape index (κ2) is 6.94. The lowest BCUT2D eigenvalue weighted by Crippen LogP contribution is -2.42. The van der Waals surface area contributed by atoms with E-state index < -0.39 is 6.10 Å². The van der Waals surface area contributed by atoms with Crippen LogP contribution in [-0.2, 0) is 0 Å². The van der Waals surface area contributed by atoms with Crippen LogP contribution < -0.4 is 14.2 Å². The molecule has 1 saturated carbocycles. The summed E-state index contributed by atoms with van der Waals surface area (Å²) in [5, 5.41) is 18.1. The van der Waals surface area contributed by atoms with Gasteiger partial charge in [-0.05, 0) is 42.9 Å². The van der Waals surface area contributed by atoms with Crippen LogP contribution in [0.25, 0.3) is 0 Å². The van der Waals surface area contributed by atoms with E-state index >= 15 is 0 Å². The quantitative estimate of drug-likeness (QED) is 0.858. The molecular formula is C20H21N3O5. The van der Waals surface area contributed by atoms with Crippen molar-refractivity contribution in [3.8, 4) is 17.2 Å². The van der Waals surface area contributed by atoms with Gasteiger partial charge in [-0.2, -0.15) is 10.2 Å². The molecule has 146 valence electrons. The molecule has 1 amide bonds. The highest BCUT2D eigenvalue weighted by atomic mass is 16.7. The topological polar surface area (TPSA) is 94.0 Å². The van der Waals surface area contributed by atoms with E-state index in [4.69, 9.17) is 14.2 Å². The Balaban J connectivity index is 1.26. The van der Waals surface area contributed by atoms with Gasteiger partial charge in [0.15, 0.2) is 11.5 Å². The summed E-state index contributed by atoms with van der Waals surface area (Å²) in [6.07, 6.45) is 3.47. The van der Waals surface area contributed by atoms with Gasteiger partial charge in [0.1, 0.15) is 11.9 Å². The molecule has 1 aliphatic carbocycles. The molecule has 8 heteroatoms. The number of rotatable bonds is 3. The van der Waals surface area contributed by atoms with E-state index in [9.17, 15) is 9.90 Å². The highest BCUT2D eigenvalue weighted by Crippen LogP contribution is 2.40. The minimum atomic E-state index is -0.565. The number of aliphatic hydroxyl groups is 1. The van der Waals surface area contributed by atoms with Crippen LogP contribution in [0.3, 0.4) is 0 Å². The number of ether oxygens (including phenoxy) is 3. The van der Waals surface area contributed by atoms with Gasteiger partial charge < -0.3 is 24.2 Å². The number of fused-ring (bicyclic) bond motifs is 2. The number of likely N-dealkylation sites (tertiary alicyclic amines) is 1. The third-order valence-electron chi connectivity index (χ3n) is 5.83. The molecule has 3 aliphatic rings. The zero-order chi connectivity index (χ0) is 19.1. The second-order valence-electron chi connectivity index (χ2n) is 7.57. The predicted octanol–water partition coefficient (Wildman–Crippen LogP) is 1.50. The van der Waals surface area contributed by atoms with Gasteiger partial charge in [-0.25, -0.2) is 0 Å². The fourth-order valence-corrected chi connectivity index (χ4v) is 4.41. The molecule has 2 fully saturated rings. The first-order chi connectivity index (χ1) is 13.7. The van der Waals surface area contributed by atoms with Crippen LogP contribution in [0.4, 0.5) is 0 Å². The van der Waals surface area contributed by atoms with Crippen molar-refractivity contribution in [3.63, 3.8) is 0 Å². The van der Waals surface area contributed by atoms with E-state index in [0.717, 1.165) is 0 Å². The average molecular weight is 383 g/mol. The van der Waals surface area contributed by atoms with Crippen molar-refractivity contribution in [2.24, 2.45) is 11.8 Å². The van der Waals surface area contributed by atoms with Gasteiger partial charge in [0, 0.05) is 19.2 Å². The maximum absolute atomic E-state index is 12.7. The number of nitrogens with zero attached hydrogens (tertiary/aromatic N) is 3. The molecule has 0 bridgehead atoms. The Labute approximate surface area is 162 Å². The molecule has 0 radical (unpaired) electrons. The summed E-state index contributed by atoms with van der Waals surface area (Å²) in [6.45, 7) is 1.53. The highest BCUT2D eigenvalue weighted by Gasteiger charge is 2.44. The Bertz CT molecular complexity index is 877. The minimum Gasteiger partial charge on any atom is -0.488 e. The number of benzene rings is 1. The van der Waals surface area contributed by atoms with Gasteiger partial charge in [0.05, 0.1) is 24.1 Å². The van der Waals surface area contributed by atoms with Crippen molar-refractivity contribution >= 4 is 5.91 Å². The fraction of sp³-hybridized carbons (Fsp3) is 0.450. The average Bonchev–Trinajstić information content (AvgIpc) is 3.34. The van der Waals surface area contributed by atoms with E-state index in [1.807, 2.05) is 17.0 Å². The van der Waals surface area contributed by atoms with Gasteiger partial charge in [-0.15, -0.1) is 0 Å². The standard InChI is InChI=1S/C20H21N3O5/c24-16-5-13-9-23(20(25)12-3-4-21-22-8-12)10-14(13)6-18(16)28-15-1-2-17-19(7-15)27-11-26-17/h1-4,7-8,13-14,16,18,24H,5-6,9-11H2/t13-,14+,16+,18+/m0/s1. The van der Waals surface area contributed by atoms with Gasteiger partial charge in [0.2, 0.25) is 6.79 Å². The van der Waals surface area contributed by atoms with Crippen LogP contribution in [0.15, 0.2) is 36.7 Å². The van der Waals surface area contributed by atoms with Gasteiger partial charge in [-0.3, -0.25) is 4.79 Å². The van der Waals surface area contributed by atoms with Crippen molar-refractivity contribution in [2.45, 2.75) is 25.0 Å². The molecule has 4 atom stereocenters. The summed E-state index contributed by atoms with van der Waals surface area (Å²) < 4.78 is 16.8. The third kappa shape index (κ3) is 3.13. The van der Waals surface area contributed by atoms with Crippen LogP contribution in [0.5, 0.6) is 17.2 Å². The maximum Gasteiger partial charge on any atom is 0.255 e. The van der Waals surface area contributed by atoms with Gasteiger partial charge >= 0.3 is 0 Å². The Morgan fingerprint density at radius 2 is 1.93 bits per heavy atom. The second-order valence-corrected chi connectivity index (χ2v) is 7.57. The van der Waals surface area contributed by atoms with Crippen molar-refractivity contribution in [1.82, 2.24) is 15.1 Å². The molecule has 0 spiro atoms. The molecule has 3 heterocycles. The van der Waals surface area contributed by atoms with Crippen LogP contribution in [0.1, 0.15) is 23.2 Å². The van der Waals surface area contributed by atoms with Crippen molar-refractivity contribution < 1.29 is 24.1 Å². The molecule has 5 rings (SSSR count). The monoisotopic (exact) mass is 383 g/mol. The van der Waals surface area contributed by atoms with Gasteiger partial charge in [-0.1, -0.05) is 0 Å². The summed E-state index contributed by atoms with van der Waals surface area (Å²) in [4.78, 5) is 14.5. The van der Waals surface area contributed by atoms with E-state index in [-0.39, 0.29) is 24.7 Å². The summed E-state index contributed by atoms with van der Waals surface area (Å²) in [7, 11) is 0. The van der Waals surface area contributed by atoms with Crippen LogP contribution in [-0.4, -0.2) is 58.2 Å². The molecule has 0 unspecified atom stereocenters. The lowest BCUT2D eigenvalue weighted by molar-refractivity contribution is -0.0232. The first-order valence-electron chi connectivity index (χ1n) is 9.48. The largest absolute Gasteiger partial charge is 0.488 e. The third-order valence-corrected chi connectivity index (χ3v) is 5.83. The molecule has 1 saturated heterocycles. The molecule has 1 N–H and O–H groups in total. The normalized spacial score (nSPS) is 28.1. The van der Waals surface area contributed by atoms with E-state index in [0.29, 0.717) is 54.7 Å². The number of hydrogen-bond acceptors (Lipinski definition) is 7. The van der Waals surface area contributed by atoms with E-state index in [2.05, 4.69) is 10.2 Å².